The SMILES string of the molecule is CCCCCCCCCCCCCCCCCCCCCCCCCCCCCCCCCCCCCCCCCCC(=O)NC(COC1OC(CO)C(OC2OC(CO)C(OC3OC(CO)C(O)C(O)C3O)C(O)C2O)C(O)C1O)C(O)CCCCCCCCCCCCCCCCCCCCCCCCCCCCCCC. The summed E-state index contributed by atoms with van der Waals surface area (Å²) in [5.41, 5.74) is 0. The molecule has 3 heterocycles. The molecule has 0 saturated carbocycles. The van der Waals surface area contributed by atoms with Gasteiger partial charge in [-0.05, 0) is 12.8 Å². The van der Waals surface area contributed by atoms with Gasteiger partial charge in [0.25, 0.3) is 0 Å². The van der Waals surface area contributed by atoms with Crippen molar-refractivity contribution in [1.82, 2.24) is 5.32 Å². The smallest absolute Gasteiger partial charge is 0.220 e. The Balaban J connectivity index is 1.27. The number of rotatable bonds is 83. The zero-order valence-electron chi connectivity index (χ0n) is 73.6. The van der Waals surface area contributed by atoms with Crippen molar-refractivity contribution in [2.45, 2.75) is 574 Å². The van der Waals surface area contributed by atoms with Crippen molar-refractivity contribution in [3.8, 4) is 0 Å². The molecule has 19 nitrogen and oxygen atoms in total. The molecule has 0 spiro atoms. The van der Waals surface area contributed by atoms with E-state index in [4.69, 9.17) is 28.4 Å². The van der Waals surface area contributed by atoms with Gasteiger partial charge in [0.05, 0.1) is 38.6 Å². The topological polar surface area (TPSA) is 307 Å². The van der Waals surface area contributed by atoms with Crippen LogP contribution in [0.3, 0.4) is 0 Å². The van der Waals surface area contributed by atoms with Crippen LogP contribution in [-0.4, -0.2) is 193 Å². The minimum atomic E-state index is -1.97. The maximum absolute atomic E-state index is 13.6. The first-order chi connectivity index (χ1) is 55.8. The first kappa shape index (κ1) is 107. The van der Waals surface area contributed by atoms with E-state index >= 15 is 0 Å². The minimum absolute atomic E-state index is 0.230. The second-order valence-electron chi connectivity index (χ2n) is 35.6. The number of carbonyl (C=O) groups excluding carboxylic acids is 1. The zero-order chi connectivity index (χ0) is 82.4. The van der Waals surface area contributed by atoms with Gasteiger partial charge in [-0.1, -0.05) is 450 Å². The molecule has 0 bridgehead atoms. The molecule has 1 amide bonds. The summed E-state index contributed by atoms with van der Waals surface area (Å²) in [4.78, 5) is 13.6. The molecule has 0 aromatic rings. The lowest BCUT2D eigenvalue weighted by atomic mass is 9.96. The van der Waals surface area contributed by atoms with Crippen LogP contribution >= 0.6 is 0 Å². The fourth-order valence-corrected chi connectivity index (χ4v) is 17.4. The first-order valence-corrected chi connectivity index (χ1v) is 49.3. The van der Waals surface area contributed by atoms with Gasteiger partial charge in [-0.25, -0.2) is 0 Å². The molecule has 0 aliphatic carbocycles. The molecule has 12 N–H and O–H groups in total. The van der Waals surface area contributed by atoms with E-state index in [1.165, 1.54) is 392 Å². The van der Waals surface area contributed by atoms with Crippen LogP contribution in [0.5, 0.6) is 0 Å². The van der Waals surface area contributed by atoms with Crippen LogP contribution in [0, 0.1) is 0 Å². The van der Waals surface area contributed by atoms with Crippen molar-refractivity contribution >= 4 is 5.91 Å². The predicted octanol–water partition coefficient (Wildman–Crippen LogP) is 20.0. The third-order valence-corrected chi connectivity index (χ3v) is 25.2. The van der Waals surface area contributed by atoms with Crippen LogP contribution in [-0.2, 0) is 33.2 Å². The van der Waals surface area contributed by atoms with E-state index in [1.54, 1.807) is 0 Å². The monoisotopic (exact) mass is 1630 g/mol. The number of hydrogen-bond donors (Lipinski definition) is 12. The van der Waals surface area contributed by atoms with E-state index in [1.807, 2.05) is 0 Å². The zero-order valence-corrected chi connectivity index (χ0v) is 73.6. The Morgan fingerprint density at radius 3 is 0.763 bits per heavy atom. The van der Waals surface area contributed by atoms with E-state index in [2.05, 4.69) is 19.2 Å². The highest BCUT2D eigenvalue weighted by atomic mass is 16.8. The third-order valence-electron chi connectivity index (χ3n) is 25.2. The van der Waals surface area contributed by atoms with Crippen molar-refractivity contribution < 1.29 is 89.4 Å². The molecule has 114 heavy (non-hydrogen) atoms. The Labute approximate surface area is 697 Å². The van der Waals surface area contributed by atoms with Gasteiger partial charge in [-0.2, -0.15) is 0 Å². The molecule has 17 unspecified atom stereocenters. The van der Waals surface area contributed by atoms with E-state index in [-0.39, 0.29) is 18.9 Å². The fourth-order valence-electron chi connectivity index (χ4n) is 17.4. The van der Waals surface area contributed by atoms with Crippen molar-refractivity contribution in [2.24, 2.45) is 0 Å². The molecule has 3 aliphatic heterocycles. The highest BCUT2D eigenvalue weighted by molar-refractivity contribution is 5.76. The maximum Gasteiger partial charge on any atom is 0.220 e. The van der Waals surface area contributed by atoms with Crippen LogP contribution in [0.25, 0.3) is 0 Å². The van der Waals surface area contributed by atoms with E-state index in [0.717, 1.165) is 44.9 Å². The largest absolute Gasteiger partial charge is 0.394 e. The fraction of sp³-hybridized carbons (Fsp3) is 0.989. The number of amides is 1. The standard InChI is InChI=1S/C95H185NO18/c1-3-5-7-9-11-13-15-17-19-21-23-25-27-29-31-33-34-35-36-37-38-39-40-41-42-43-45-47-49-51-53-55-57-59-61-63-65-67-69-71-73-83(101)96-78(79(100)72-70-68-66-64-62-60-58-56-54-52-50-48-46-44-32-30-28-26-24-22-20-18-16-14-12-10-8-6-4-2)77-109-93-89(107)86(104)91(81(75-98)111-93)114-95-90(108)87(105)92(82(76-99)112-95)113-94-88(106)85(103)84(102)80(74-97)110-94/h78-82,84-95,97-100,102-108H,3-77H2,1-2H3,(H,96,101). The Hall–Kier alpha value is -1.21. The van der Waals surface area contributed by atoms with Gasteiger partial charge in [-0.3, -0.25) is 4.79 Å². The Morgan fingerprint density at radius 1 is 0.281 bits per heavy atom. The van der Waals surface area contributed by atoms with Gasteiger partial charge in [-0.15, -0.1) is 0 Å². The molecule has 0 radical (unpaired) electrons. The maximum atomic E-state index is 13.6. The average Bonchev–Trinajstić information content (AvgIpc) is 0.778. The van der Waals surface area contributed by atoms with Gasteiger partial charge in [0.1, 0.15) is 73.2 Å². The van der Waals surface area contributed by atoms with Crippen LogP contribution in [0.4, 0.5) is 0 Å². The molecule has 0 aromatic heterocycles. The molecule has 17 atom stereocenters. The van der Waals surface area contributed by atoms with E-state index < -0.39 is 124 Å². The molecule has 3 fully saturated rings. The summed E-state index contributed by atoms with van der Waals surface area (Å²) >= 11 is 0. The van der Waals surface area contributed by atoms with Gasteiger partial charge in [0, 0.05) is 6.42 Å². The summed E-state index contributed by atoms with van der Waals surface area (Å²) in [6.07, 6.45) is 66.8. The van der Waals surface area contributed by atoms with Crippen molar-refractivity contribution in [1.29, 1.82) is 0 Å². The van der Waals surface area contributed by atoms with Crippen molar-refractivity contribution in [3.05, 3.63) is 0 Å². The Bertz CT molecular complexity index is 2050. The molecule has 678 valence electrons. The number of aliphatic hydroxyl groups excluding tert-OH is 11. The number of carbonyl (C=O) groups is 1. The molecule has 3 aliphatic rings. The van der Waals surface area contributed by atoms with Crippen LogP contribution < -0.4 is 5.32 Å². The molecule has 3 rings (SSSR count). The van der Waals surface area contributed by atoms with E-state index in [9.17, 15) is 61.0 Å². The summed E-state index contributed by atoms with van der Waals surface area (Å²) in [7, 11) is 0. The third kappa shape index (κ3) is 53.0. The second-order valence-corrected chi connectivity index (χ2v) is 35.6. The van der Waals surface area contributed by atoms with Gasteiger partial charge >= 0.3 is 0 Å². The lowest BCUT2D eigenvalue weighted by Crippen LogP contribution is -2.66. The van der Waals surface area contributed by atoms with Crippen LogP contribution in [0.1, 0.15) is 470 Å². The lowest BCUT2D eigenvalue weighted by molar-refractivity contribution is -0.379. The van der Waals surface area contributed by atoms with Crippen molar-refractivity contribution in [3.63, 3.8) is 0 Å². The van der Waals surface area contributed by atoms with Gasteiger partial charge in [0.15, 0.2) is 18.9 Å². The quantitative estimate of drug-likeness (QED) is 0.0252. The summed E-state index contributed by atoms with van der Waals surface area (Å²) in [5, 5.41) is 122. The summed E-state index contributed by atoms with van der Waals surface area (Å²) in [5.74, 6) is -0.230. The summed E-state index contributed by atoms with van der Waals surface area (Å²) < 4.78 is 34.7. The normalized spacial score (nSPS) is 24.6. The average molecular weight is 1630 g/mol. The summed E-state index contributed by atoms with van der Waals surface area (Å²) in [6, 6.07) is -0.885. The molecule has 3 saturated heterocycles. The number of hydrogen-bond acceptors (Lipinski definition) is 18. The second kappa shape index (κ2) is 75.5. The van der Waals surface area contributed by atoms with Crippen LogP contribution in [0.2, 0.25) is 0 Å². The number of nitrogens with one attached hydrogen (secondary N) is 1. The van der Waals surface area contributed by atoms with E-state index in [0.29, 0.717) is 12.8 Å². The number of unbranched alkanes of at least 4 members (excludes halogenated alkanes) is 67. The molecular weight excluding hydrogens is 1440 g/mol. The number of ether oxygens (including phenoxy) is 6. The van der Waals surface area contributed by atoms with Crippen molar-refractivity contribution in [2.75, 3.05) is 26.4 Å². The summed E-state index contributed by atoms with van der Waals surface area (Å²) in [6.45, 7) is 1.90. The van der Waals surface area contributed by atoms with Crippen LogP contribution in [0.15, 0.2) is 0 Å². The predicted molar refractivity (Wildman–Crippen MR) is 462 cm³/mol. The van der Waals surface area contributed by atoms with Gasteiger partial charge < -0.3 is 89.9 Å². The van der Waals surface area contributed by atoms with Gasteiger partial charge in [0.2, 0.25) is 5.91 Å². The molecule has 0 aromatic carbocycles. The lowest BCUT2D eigenvalue weighted by Gasteiger charge is -2.48. The Kier molecular flexibility index (Phi) is 70.9. The molecule has 19 heteroatoms. The highest BCUT2D eigenvalue weighted by Gasteiger charge is 2.54. The minimum Gasteiger partial charge on any atom is -0.394 e. The Morgan fingerprint density at radius 2 is 0.500 bits per heavy atom. The highest BCUT2D eigenvalue weighted by Crippen LogP contribution is 2.34. The first-order valence-electron chi connectivity index (χ1n) is 49.3. The number of aliphatic hydroxyl groups is 11. The molecular formula is C95H185NO18.